The van der Waals surface area contributed by atoms with E-state index in [1.54, 1.807) is 0 Å². The molecule has 0 unspecified atom stereocenters. The van der Waals surface area contributed by atoms with Crippen LogP contribution in [0.15, 0.2) is 109 Å². The van der Waals surface area contributed by atoms with Gasteiger partial charge in [-0.3, -0.25) is 9.97 Å². The molecule has 0 radical (unpaired) electrons. The number of benzene rings is 5. The number of aromatic nitrogens is 2. The maximum Gasteiger partial charge on any atom is 0.0780 e. The molecular formula is C44H36N2. The molecule has 0 atom stereocenters. The summed E-state index contributed by atoms with van der Waals surface area (Å²) < 4.78 is 0. The summed E-state index contributed by atoms with van der Waals surface area (Å²) in [5.74, 6) is 0. The second kappa shape index (κ2) is 9.23. The average Bonchev–Trinajstić information content (AvgIpc) is 3.43. The topological polar surface area (TPSA) is 25.8 Å². The van der Waals surface area contributed by atoms with Crippen molar-refractivity contribution in [2.24, 2.45) is 0 Å². The number of nitrogens with zero attached hydrogens (tertiary/aromatic N) is 2. The molecular weight excluding hydrogens is 556 g/mol. The van der Waals surface area contributed by atoms with Crippen LogP contribution in [-0.2, 0) is 10.8 Å². The lowest BCUT2D eigenvalue weighted by atomic mass is 9.72. The number of pyridine rings is 2. The largest absolute Gasteiger partial charge is 0.256 e. The Kier molecular flexibility index (Phi) is 5.47. The quantitative estimate of drug-likeness (QED) is 0.200. The first-order chi connectivity index (χ1) is 22.2. The molecule has 0 saturated carbocycles. The van der Waals surface area contributed by atoms with E-state index < -0.39 is 0 Å². The first kappa shape index (κ1) is 27.2. The Balaban J connectivity index is 1.24. The number of rotatable bonds is 2. The van der Waals surface area contributed by atoms with E-state index in [1.165, 1.54) is 88.7 Å². The molecule has 2 heterocycles. The number of fused-ring (bicyclic) bond motifs is 9. The molecule has 2 aliphatic carbocycles. The molecule has 0 amide bonds. The maximum atomic E-state index is 4.80. The fourth-order valence-electron chi connectivity index (χ4n) is 8.85. The highest BCUT2D eigenvalue weighted by Gasteiger charge is 2.46. The Morgan fingerprint density at radius 3 is 1.30 bits per heavy atom. The zero-order valence-electron chi connectivity index (χ0n) is 27.3. The van der Waals surface area contributed by atoms with Crippen molar-refractivity contribution in [2.75, 3.05) is 0 Å². The number of hydrogen-bond donors (Lipinski definition) is 0. The molecule has 0 saturated heterocycles. The van der Waals surface area contributed by atoms with Crippen molar-refractivity contribution in [1.29, 1.82) is 0 Å². The van der Waals surface area contributed by atoms with Gasteiger partial charge in [0.05, 0.1) is 11.0 Å². The van der Waals surface area contributed by atoms with Crippen molar-refractivity contribution in [2.45, 2.75) is 52.4 Å². The summed E-state index contributed by atoms with van der Waals surface area (Å²) in [5.41, 5.74) is 20.6. The summed E-state index contributed by atoms with van der Waals surface area (Å²) >= 11 is 0. The Morgan fingerprint density at radius 2 is 0.870 bits per heavy atom. The van der Waals surface area contributed by atoms with Crippen LogP contribution in [-0.4, -0.2) is 9.97 Å². The van der Waals surface area contributed by atoms with Crippen LogP contribution in [0, 0.1) is 13.8 Å². The maximum absolute atomic E-state index is 4.80. The second-order valence-electron chi connectivity index (χ2n) is 14.4. The van der Waals surface area contributed by atoms with Crippen LogP contribution in [0.3, 0.4) is 0 Å². The van der Waals surface area contributed by atoms with Crippen molar-refractivity contribution in [3.63, 3.8) is 0 Å². The molecule has 5 aromatic carbocycles. The van der Waals surface area contributed by atoms with Crippen LogP contribution in [0.25, 0.3) is 66.3 Å². The zero-order valence-corrected chi connectivity index (χ0v) is 27.3. The minimum absolute atomic E-state index is 0.162. The fourth-order valence-corrected chi connectivity index (χ4v) is 8.85. The average molecular weight is 593 g/mol. The van der Waals surface area contributed by atoms with E-state index in [4.69, 9.17) is 9.97 Å². The van der Waals surface area contributed by atoms with Crippen molar-refractivity contribution in [3.05, 3.63) is 143 Å². The summed E-state index contributed by atoms with van der Waals surface area (Å²) in [4.78, 5) is 9.59. The molecule has 0 spiro atoms. The van der Waals surface area contributed by atoms with Crippen LogP contribution in [0.1, 0.15) is 61.1 Å². The van der Waals surface area contributed by atoms with Gasteiger partial charge in [0.2, 0.25) is 0 Å². The summed E-state index contributed by atoms with van der Waals surface area (Å²) in [6.45, 7) is 14.3. The van der Waals surface area contributed by atoms with Crippen LogP contribution in [0.4, 0.5) is 0 Å². The first-order valence-electron chi connectivity index (χ1n) is 16.3. The van der Waals surface area contributed by atoms with Gasteiger partial charge >= 0.3 is 0 Å². The third-order valence-corrected chi connectivity index (χ3v) is 10.9. The van der Waals surface area contributed by atoms with E-state index in [2.05, 4.69) is 126 Å². The Bertz CT molecular complexity index is 2260. The van der Waals surface area contributed by atoms with Crippen molar-refractivity contribution in [1.82, 2.24) is 9.97 Å². The van der Waals surface area contributed by atoms with Crippen LogP contribution < -0.4 is 0 Å². The van der Waals surface area contributed by atoms with Gasteiger partial charge < -0.3 is 0 Å². The minimum Gasteiger partial charge on any atom is -0.256 e. The van der Waals surface area contributed by atoms with Gasteiger partial charge in [0.1, 0.15) is 0 Å². The van der Waals surface area contributed by atoms with Gasteiger partial charge in [0.15, 0.2) is 0 Å². The molecule has 2 nitrogen and oxygen atoms in total. The predicted molar refractivity (Wildman–Crippen MR) is 193 cm³/mol. The van der Waals surface area contributed by atoms with Gasteiger partial charge in [0, 0.05) is 45.1 Å². The van der Waals surface area contributed by atoms with Crippen molar-refractivity contribution in [3.8, 4) is 44.5 Å². The molecule has 46 heavy (non-hydrogen) atoms. The number of hydrogen-bond acceptors (Lipinski definition) is 2. The second-order valence-corrected chi connectivity index (χ2v) is 14.4. The highest BCUT2D eigenvalue weighted by molar-refractivity contribution is 5.99. The number of aryl methyl sites for hydroxylation is 2. The van der Waals surface area contributed by atoms with E-state index >= 15 is 0 Å². The minimum atomic E-state index is -0.162. The van der Waals surface area contributed by atoms with Gasteiger partial charge in [-0.1, -0.05) is 100 Å². The smallest absolute Gasteiger partial charge is 0.0780 e. The van der Waals surface area contributed by atoms with Crippen LogP contribution >= 0.6 is 0 Å². The summed E-state index contributed by atoms with van der Waals surface area (Å²) in [6.07, 6.45) is 3.80. The molecule has 0 N–H and O–H groups in total. The molecule has 9 rings (SSSR count). The molecule has 2 aromatic heterocycles. The van der Waals surface area contributed by atoms with E-state index in [0.29, 0.717) is 0 Å². The SMILES string of the molecule is Cc1cc(-c2cccc3cccnc23)cc2c1-c1ccc3c(c1C2(C)C)C(C)(C)c1cc(-c2cccc4cccnc24)cc(C)c1-3. The monoisotopic (exact) mass is 592 g/mol. The normalized spacial score (nSPS) is 15.1. The highest BCUT2D eigenvalue weighted by atomic mass is 14.7. The fraction of sp³-hybridized carbons (Fsp3) is 0.182. The summed E-state index contributed by atoms with van der Waals surface area (Å²) in [6, 6.07) is 35.8. The lowest BCUT2D eigenvalue weighted by molar-refractivity contribution is 0.601. The van der Waals surface area contributed by atoms with Crippen molar-refractivity contribution >= 4 is 21.8 Å². The molecule has 222 valence electrons. The Hall–Kier alpha value is -5.08. The molecule has 2 aliphatic rings. The van der Waals surface area contributed by atoms with Gasteiger partial charge in [-0.05, 0) is 105 Å². The molecule has 0 fully saturated rings. The number of para-hydroxylation sites is 2. The molecule has 2 heteroatoms. The van der Waals surface area contributed by atoms with Crippen LogP contribution in [0.2, 0.25) is 0 Å². The van der Waals surface area contributed by atoms with Crippen molar-refractivity contribution < 1.29 is 0 Å². The highest BCUT2D eigenvalue weighted by Crippen LogP contribution is 2.60. The van der Waals surface area contributed by atoms with E-state index in [9.17, 15) is 0 Å². The van der Waals surface area contributed by atoms with Gasteiger partial charge in [-0.25, -0.2) is 0 Å². The zero-order chi connectivity index (χ0) is 31.5. The third kappa shape index (κ3) is 3.53. The lowest BCUT2D eigenvalue weighted by Gasteiger charge is -2.31. The lowest BCUT2D eigenvalue weighted by Crippen LogP contribution is -2.24. The van der Waals surface area contributed by atoms with Gasteiger partial charge in [0.25, 0.3) is 0 Å². The van der Waals surface area contributed by atoms with E-state index in [-0.39, 0.29) is 10.8 Å². The van der Waals surface area contributed by atoms with Crippen LogP contribution in [0.5, 0.6) is 0 Å². The van der Waals surface area contributed by atoms with Gasteiger partial charge in [-0.15, -0.1) is 0 Å². The molecule has 0 bridgehead atoms. The third-order valence-electron chi connectivity index (χ3n) is 10.9. The predicted octanol–water partition coefficient (Wildman–Crippen LogP) is 11.3. The molecule has 7 aromatic rings. The first-order valence-corrected chi connectivity index (χ1v) is 16.3. The Labute approximate surface area is 270 Å². The van der Waals surface area contributed by atoms with Gasteiger partial charge in [-0.2, -0.15) is 0 Å². The summed E-state index contributed by atoms with van der Waals surface area (Å²) in [7, 11) is 0. The standard InChI is InChI=1S/C44H36N2/c1-25-21-29(31-15-7-11-27-13-9-19-45-41(27)31)23-35-37(25)33-17-18-34-38-26(2)22-30(32-16-8-12-28-14-10-20-46-42(28)32)24-36(38)44(5,6)40(34)39(33)43(35,3)4/h7-24H,1-6H3. The Morgan fingerprint density at radius 1 is 0.457 bits per heavy atom. The summed E-state index contributed by atoms with van der Waals surface area (Å²) in [5, 5.41) is 2.35. The van der Waals surface area contributed by atoms with E-state index in [1.807, 2.05) is 24.5 Å². The van der Waals surface area contributed by atoms with E-state index in [0.717, 1.165) is 11.0 Å². The molecule has 0 aliphatic heterocycles.